The minimum atomic E-state index is -0.271. The normalized spacial score (nSPS) is 30.1. The van der Waals surface area contributed by atoms with E-state index in [-0.39, 0.29) is 11.9 Å². The molecule has 0 amide bonds. The molecule has 1 heterocycles. The van der Waals surface area contributed by atoms with Gasteiger partial charge in [0.1, 0.15) is 0 Å². The molecule has 2 saturated carbocycles. The molecule has 3 fully saturated rings. The van der Waals surface area contributed by atoms with Crippen LogP contribution >= 0.6 is 11.6 Å². The van der Waals surface area contributed by atoms with E-state index in [1.807, 2.05) is 0 Å². The summed E-state index contributed by atoms with van der Waals surface area (Å²) in [6.07, 6.45) is 13.6. The minimum Gasteiger partial charge on any atom is -0.347 e. The van der Waals surface area contributed by atoms with Gasteiger partial charge in [0.2, 0.25) is 0 Å². The summed E-state index contributed by atoms with van der Waals surface area (Å²) in [6, 6.07) is 0. The highest BCUT2D eigenvalue weighted by atomic mass is 35.5. The van der Waals surface area contributed by atoms with Crippen molar-refractivity contribution in [2.24, 2.45) is 11.8 Å². The highest BCUT2D eigenvalue weighted by Crippen LogP contribution is 2.48. The van der Waals surface area contributed by atoms with E-state index in [1.165, 1.54) is 64.2 Å². The van der Waals surface area contributed by atoms with Crippen LogP contribution in [0.25, 0.3) is 0 Å². The summed E-state index contributed by atoms with van der Waals surface area (Å²) in [5.74, 6) is 1.64. The zero-order valence-electron chi connectivity index (χ0n) is 14.8. The fourth-order valence-electron chi connectivity index (χ4n) is 5.00. The van der Waals surface area contributed by atoms with Gasteiger partial charge in [0.25, 0.3) is 0 Å². The van der Waals surface area contributed by atoms with Crippen molar-refractivity contribution in [3.63, 3.8) is 0 Å². The molecule has 134 valence electrons. The van der Waals surface area contributed by atoms with E-state index in [1.54, 1.807) is 0 Å². The Bertz CT molecular complexity index is 335. The average molecular weight is 344 g/mol. The van der Waals surface area contributed by atoms with Crippen LogP contribution in [0.2, 0.25) is 0 Å². The Kier molecular flexibility index (Phi) is 6.65. The van der Waals surface area contributed by atoms with Crippen molar-refractivity contribution < 1.29 is 9.47 Å². The zero-order chi connectivity index (χ0) is 16.1. The summed E-state index contributed by atoms with van der Waals surface area (Å²) in [4.78, 5) is 2.28. The molecule has 0 aromatic rings. The molecule has 1 aliphatic heterocycles. The molecule has 4 heteroatoms. The van der Waals surface area contributed by atoms with E-state index in [4.69, 9.17) is 21.1 Å². The lowest BCUT2D eigenvalue weighted by atomic mass is 9.72. The number of hydrogen-bond donors (Lipinski definition) is 0. The number of likely N-dealkylation sites (N-methyl/N-ethyl adjacent to an activating group) is 1. The van der Waals surface area contributed by atoms with Gasteiger partial charge in [-0.1, -0.05) is 38.5 Å². The van der Waals surface area contributed by atoms with Crippen molar-refractivity contribution in [2.75, 3.05) is 32.6 Å². The van der Waals surface area contributed by atoms with Gasteiger partial charge in [-0.2, -0.15) is 0 Å². The second kappa shape index (κ2) is 8.51. The average Bonchev–Trinajstić information content (AvgIpc) is 3.02. The summed E-state index contributed by atoms with van der Waals surface area (Å²) < 4.78 is 13.3. The maximum absolute atomic E-state index is 6.74. The third-order valence-electron chi connectivity index (χ3n) is 6.18. The molecular formula is C19H34ClNO2. The number of halogens is 1. The monoisotopic (exact) mass is 343 g/mol. The molecule has 3 nitrogen and oxygen atoms in total. The first kappa shape index (κ1) is 18.0. The van der Waals surface area contributed by atoms with Crippen LogP contribution in [0.4, 0.5) is 0 Å². The van der Waals surface area contributed by atoms with Crippen molar-refractivity contribution >= 4 is 11.6 Å². The summed E-state index contributed by atoms with van der Waals surface area (Å²) in [5.41, 5.74) is 0. The summed E-state index contributed by atoms with van der Waals surface area (Å²) in [5, 5.41) is 0. The van der Waals surface area contributed by atoms with Crippen LogP contribution in [0.15, 0.2) is 0 Å². The molecule has 3 rings (SSSR count). The molecule has 1 saturated heterocycles. The Morgan fingerprint density at radius 2 is 1.52 bits per heavy atom. The van der Waals surface area contributed by atoms with Crippen molar-refractivity contribution in [1.82, 2.24) is 4.90 Å². The topological polar surface area (TPSA) is 21.7 Å². The van der Waals surface area contributed by atoms with Crippen LogP contribution < -0.4 is 0 Å². The standard InChI is InChI=1S/C19H34ClNO2/c1-21(13-12-20)14-18-15-22-19(23-18,16-8-4-2-5-9-16)17-10-6-3-7-11-17/h16-18H,2-15H2,1H3. The van der Waals surface area contributed by atoms with Gasteiger partial charge in [-0.15, -0.1) is 11.6 Å². The van der Waals surface area contributed by atoms with Gasteiger partial charge in [0.15, 0.2) is 5.79 Å². The van der Waals surface area contributed by atoms with Crippen LogP contribution in [-0.4, -0.2) is 49.4 Å². The lowest BCUT2D eigenvalue weighted by Crippen LogP contribution is -2.49. The van der Waals surface area contributed by atoms with Gasteiger partial charge in [0.05, 0.1) is 12.7 Å². The number of ether oxygens (including phenoxy) is 2. The van der Waals surface area contributed by atoms with Gasteiger partial charge < -0.3 is 14.4 Å². The van der Waals surface area contributed by atoms with Crippen LogP contribution in [0.3, 0.4) is 0 Å². The molecule has 1 unspecified atom stereocenters. The van der Waals surface area contributed by atoms with Crippen LogP contribution in [-0.2, 0) is 9.47 Å². The second-order valence-electron chi connectivity index (χ2n) is 7.89. The maximum atomic E-state index is 6.74. The van der Waals surface area contributed by atoms with E-state index in [0.717, 1.165) is 19.7 Å². The fraction of sp³-hybridized carbons (Fsp3) is 1.00. The molecule has 0 N–H and O–H groups in total. The van der Waals surface area contributed by atoms with Crippen molar-refractivity contribution in [1.29, 1.82) is 0 Å². The third kappa shape index (κ3) is 4.23. The highest BCUT2D eigenvalue weighted by molar-refractivity contribution is 6.18. The summed E-state index contributed by atoms with van der Waals surface area (Å²) >= 11 is 5.87. The molecule has 1 atom stereocenters. The van der Waals surface area contributed by atoms with E-state index in [9.17, 15) is 0 Å². The lowest BCUT2D eigenvalue weighted by molar-refractivity contribution is -0.250. The zero-order valence-corrected chi connectivity index (χ0v) is 15.5. The molecule has 0 aromatic heterocycles. The lowest BCUT2D eigenvalue weighted by Gasteiger charge is -2.45. The number of nitrogens with zero attached hydrogens (tertiary/aromatic N) is 1. The first-order chi connectivity index (χ1) is 11.2. The van der Waals surface area contributed by atoms with Crippen LogP contribution in [0.1, 0.15) is 64.2 Å². The molecule has 0 radical (unpaired) electrons. The predicted molar refractivity (Wildman–Crippen MR) is 94.9 cm³/mol. The van der Waals surface area contributed by atoms with Crippen molar-refractivity contribution in [3.05, 3.63) is 0 Å². The third-order valence-corrected chi connectivity index (χ3v) is 6.34. The summed E-state index contributed by atoms with van der Waals surface area (Å²) in [7, 11) is 2.13. The largest absolute Gasteiger partial charge is 0.347 e. The van der Waals surface area contributed by atoms with Crippen molar-refractivity contribution in [3.8, 4) is 0 Å². The van der Waals surface area contributed by atoms with Gasteiger partial charge in [-0.05, 0) is 32.7 Å². The second-order valence-corrected chi connectivity index (χ2v) is 8.27. The van der Waals surface area contributed by atoms with E-state index in [2.05, 4.69) is 11.9 Å². The maximum Gasteiger partial charge on any atom is 0.174 e. The molecule has 3 aliphatic rings. The minimum absolute atomic E-state index is 0.215. The fourth-order valence-corrected chi connectivity index (χ4v) is 5.28. The van der Waals surface area contributed by atoms with Gasteiger partial charge in [-0.25, -0.2) is 0 Å². The molecule has 23 heavy (non-hydrogen) atoms. The SMILES string of the molecule is CN(CCCl)CC1COC(C2CCCCC2)(C2CCCCC2)O1. The van der Waals surface area contributed by atoms with Crippen molar-refractivity contribution in [2.45, 2.75) is 76.1 Å². The summed E-state index contributed by atoms with van der Waals surface area (Å²) in [6.45, 7) is 2.62. The quantitative estimate of drug-likeness (QED) is 0.666. The van der Waals surface area contributed by atoms with Crippen LogP contribution in [0, 0.1) is 11.8 Å². The molecule has 0 aromatic carbocycles. The number of alkyl halides is 1. The first-order valence-electron chi connectivity index (χ1n) is 9.81. The molecular weight excluding hydrogens is 310 g/mol. The smallest absolute Gasteiger partial charge is 0.174 e. The Morgan fingerprint density at radius 1 is 0.957 bits per heavy atom. The highest BCUT2D eigenvalue weighted by Gasteiger charge is 2.52. The van der Waals surface area contributed by atoms with Gasteiger partial charge in [-0.3, -0.25) is 0 Å². The van der Waals surface area contributed by atoms with E-state index >= 15 is 0 Å². The Hall–Kier alpha value is 0.170. The van der Waals surface area contributed by atoms with E-state index in [0.29, 0.717) is 17.7 Å². The predicted octanol–water partition coefficient (Wildman–Crippen LogP) is 4.43. The molecule has 0 bridgehead atoms. The number of hydrogen-bond acceptors (Lipinski definition) is 3. The Morgan fingerprint density at radius 3 is 2.04 bits per heavy atom. The molecule has 2 aliphatic carbocycles. The van der Waals surface area contributed by atoms with E-state index < -0.39 is 0 Å². The molecule has 0 spiro atoms. The first-order valence-corrected chi connectivity index (χ1v) is 10.3. The number of rotatable bonds is 6. The van der Waals surface area contributed by atoms with Gasteiger partial charge in [0, 0.05) is 30.8 Å². The van der Waals surface area contributed by atoms with Crippen LogP contribution in [0.5, 0.6) is 0 Å². The Labute approximate surface area is 147 Å². The Balaban J connectivity index is 1.68. The van der Waals surface area contributed by atoms with Gasteiger partial charge >= 0.3 is 0 Å².